The van der Waals surface area contributed by atoms with E-state index in [1.54, 1.807) is 0 Å². The van der Waals surface area contributed by atoms with Crippen LogP contribution in [0, 0.1) is 0 Å². The van der Waals surface area contributed by atoms with Gasteiger partial charge < -0.3 is 13.7 Å². The van der Waals surface area contributed by atoms with Crippen LogP contribution in [0.1, 0.15) is 13.8 Å². The lowest BCUT2D eigenvalue weighted by molar-refractivity contribution is 1.16. The summed E-state index contributed by atoms with van der Waals surface area (Å²) in [5.74, 6) is 0.706. The number of rotatable bonds is 7. The summed E-state index contributed by atoms with van der Waals surface area (Å²) in [6, 6.07) is 89.3. The van der Waals surface area contributed by atoms with Gasteiger partial charge in [0, 0.05) is 66.1 Å². The van der Waals surface area contributed by atoms with Crippen LogP contribution in [-0.4, -0.2) is 23.7 Å². The van der Waals surface area contributed by atoms with Crippen LogP contribution < -0.4 is 0 Å². The highest BCUT2D eigenvalue weighted by Crippen LogP contribution is 2.40. The Bertz CT molecular complexity index is 3960. The Morgan fingerprint density at radius 2 is 0.606 bits per heavy atom. The highest BCUT2D eigenvalue weighted by molar-refractivity contribution is 6.14. The Morgan fingerprint density at radius 3 is 1.10 bits per heavy atom. The molecule has 0 saturated carbocycles. The molecule has 0 spiro atoms. The van der Waals surface area contributed by atoms with E-state index in [1.807, 2.05) is 38.1 Å². The molecule has 0 amide bonds. The second-order valence-corrected chi connectivity index (χ2v) is 17.8. The minimum Gasteiger partial charge on any atom is -0.309 e. The summed E-state index contributed by atoms with van der Waals surface area (Å²) in [6.07, 6.45) is 0. The van der Waals surface area contributed by atoms with E-state index in [-0.39, 0.29) is 0 Å². The zero-order valence-corrected chi connectivity index (χ0v) is 39.4. The average Bonchev–Trinajstić information content (AvgIpc) is 4.09. The van der Waals surface area contributed by atoms with E-state index in [0.717, 1.165) is 67.3 Å². The number of aromatic nitrogens is 5. The van der Waals surface area contributed by atoms with Crippen molar-refractivity contribution in [2.24, 2.45) is 0 Å². The third-order valence-corrected chi connectivity index (χ3v) is 13.9. The van der Waals surface area contributed by atoms with E-state index in [0.29, 0.717) is 5.82 Å². The summed E-state index contributed by atoms with van der Waals surface area (Å²) >= 11 is 0. The molecule has 0 radical (unpaired) electrons. The van der Waals surface area contributed by atoms with E-state index in [4.69, 9.17) is 9.97 Å². The Morgan fingerprint density at radius 1 is 0.239 bits per heavy atom. The maximum Gasteiger partial charge on any atom is 0.160 e. The van der Waals surface area contributed by atoms with Crippen LogP contribution in [-0.2, 0) is 0 Å². The van der Waals surface area contributed by atoms with Crippen molar-refractivity contribution in [3.63, 3.8) is 0 Å². The van der Waals surface area contributed by atoms with Gasteiger partial charge in [-0.25, -0.2) is 9.97 Å². The van der Waals surface area contributed by atoms with E-state index in [9.17, 15) is 0 Å². The molecule has 71 heavy (non-hydrogen) atoms. The molecule has 0 saturated heterocycles. The normalized spacial score (nSPS) is 11.5. The highest BCUT2D eigenvalue weighted by Gasteiger charge is 2.19. The van der Waals surface area contributed by atoms with Crippen LogP contribution >= 0.6 is 0 Å². The summed E-state index contributed by atoms with van der Waals surface area (Å²) in [4.78, 5) is 10.2. The van der Waals surface area contributed by atoms with Gasteiger partial charge in [0.25, 0.3) is 0 Å². The number of para-hydroxylation sites is 4. The SMILES string of the molecule is CC.c1ccc(-c2cc(-c3cccc(-c4ccc(-n5c6ccc(-n7c8ccccc8c8ccccc87)cc6c6cc(-n7c8ccccc8c8ccccc87)ccc65)cc4)c3)nc(-c3ccccc3)n2)cc1. The highest BCUT2D eigenvalue weighted by atomic mass is 15.0. The minimum atomic E-state index is 0.706. The molecule has 0 bridgehead atoms. The third kappa shape index (κ3) is 7.01. The molecular formula is C66H47N5. The van der Waals surface area contributed by atoms with Crippen molar-refractivity contribution in [3.05, 3.63) is 249 Å². The molecule has 14 aromatic rings. The first kappa shape index (κ1) is 41.8. The molecule has 5 heteroatoms. The monoisotopic (exact) mass is 909 g/mol. The van der Waals surface area contributed by atoms with Crippen molar-refractivity contribution in [2.45, 2.75) is 13.8 Å². The second-order valence-electron chi connectivity index (χ2n) is 17.8. The van der Waals surface area contributed by atoms with Crippen molar-refractivity contribution >= 4 is 65.4 Å². The zero-order chi connectivity index (χ0) is 47.4. The minimum absolute atomic E-state index is 0.706. The van der Waals surface area contributed by atoms with Crippen molar-refractivity contribution in [1.82, 2.24) is 23.7 Å². The number of benzene rings is 10. The fraction of sp³-hybridized carbons (Fsp3) is 0.0303. The molecule has 5 nitrogen and oxygen atoms in total. The average molecular weight is 910 g/mol. The van der Waals surface area contributed by atoms with E-state index >= 15 is 0 Å². The molecule has 0 fully saturated rings. The maximum atomic E-state index is 5.13. The van der Waals surface area contributed by atoms with Crippen molar-refractivity contribution in [3.8, 4) is 62.1 Å². The van der Waals surface area contributed by atoms with E-state index < -0.39 is 0 Å². The Balaban J connectivity index is 0.00000243. The summed E-state index contributed by atoms with van der Waals surface area (Å²) < 4.78 is 7.26. The van der Waals surface area contributed by atoms with Crippen molar-refractivity contribution < 1.29 is 0 Å². The standard InChI is InChI=1S/C64H41N5.C2H6/c1-3-16-43(17-4-1)56-41-57(66-64(65-56)44-18-5-2-6-19-44)46-21-15-20-45(38-46)42-30-32-47(33-31-42)67-62-36-34-48(68-58-26-11-7-22-50(58)51-23-8-12-27-59(51)68)39-54(62)55-40-49(35-37-63(55)67)69-60-28-13-9-24-52(60)53-25-10-14-29-61(53)69;1-2/h1-41H;1-2H3. The summed E-state index contributed by atoms with van der Waals surface area (Å²) in [7, 11) is 0. The Kier molecular flexibility index (Phi) is 10.2. The van der Waals surface area contributed by atoms with Gasteiger partial charge in [0.1, 0.15) is 0 Å². The maximum absolute atomic E-state index is 5.13. The van der Waals surface area contributed by atoms with Crippen LogP contribution in [0.25, 0.3) is 128 Å². The first-order valence-electron chi connectivity index (χ1n) is 24.5. The molecule has 0 aliphatic heterocycles. The topological polar surface area (TPSA) is 40.6 Å². The van der Waals surface area contributed by atoms with Crippen molar-refractivity contribution in [1.29, 1.82) is 0 Å². The molecular weight excluding hydrogens is 863 g/mol. The second kappa shape index (κ2) is 17.3. The number of hydrogen-bond acceptors (Lipinski definition) is 2. The van der Waals surface area contributed by atoms with Crippen LogP contribution in [0.3, 0.4) is 0 Å². The predicted octanol–water partition coefficient (Wildman–Crippen LogP) is 17.5. The van der Waals surface area contributed by atoms with Crippen LogP contribution in [0.4, 0.5) is 0 Å². The van der Waals surface area contributed by atoms with Gasteiger partial charge in [-0.05, 0) is 96.1 Å². The van der Waals surface area contributed by atoms with E-state index in [1.165, 1.54) is 54.4 Å². The van der Waals surface area contributed by atoms with Gasteiger partial charge in [0.15, 0.2) is 5.82 Å². The zero-order valence-electron chi connectivity index (χ0n) is 39.4. The van der Waals surface area contributed by atoms with Gasteiger partial charge in [0.2, 0.25) is 0 Å². The third-order valence-electron chi connectivity index (χ3n) is 13.9. The molecule has 10 aromatic carbocycles. The molecule has 14 rings (SSSR count). The van der Waals surface area contributed by atoms with Gasteiger partial charge in [0.05, 0.1) is 44.5 Å². The fourth-order valence-electron chi connectivity index (χ4n) is 10.7. The number of fused-ring (bicyclic) bond motifs is 9. The Labute approximate surface area is 411 Å². The number of nitrogens with zero attached hydrogens (tertiary/aromatic N) is 5. The number of hydrogen-bond donors (Lipinski definition) is 0. The lowest BCUT2D eigenvalue weighted by atomic mass is 10.0. The summed E-state index contributed by atoms with van der Waals surface area (Å²) in [5, 5.41) is 7.39. The summed E-state index contributed by atoms with van der Waals surface area (Å²) in [6.45, 7) is 4.00. The molecule has 0 N–H and O–H groups in total. The summed E-state index contributed by atoms with van der Waals surface area (Å²) in [5.41, 5.74) is 17.5. The molecule has 0 atom stereocenters. The van der Waals surface area contributed by atoms with Crippen LogP contribution in [0.2, 0.25) is 0 Å². The first-order valence-corrected chi connectivity index (χ1v) is 24.5. The van der Waals surface area contributed by atoms with Crippen molar-refractivity contribution in [2.75, 3.05) is 0 Å². The molecule has 0 aliphatic rings. The van der Waals surface area contributed by atoms with Gasteiger partial charge in [-0.1, -0.05) is 178 Å². The van der Waals surface area contributed by atoms with Crippen LogP contribution in [0.15, 0.2) is 249 Å². The molecule has 0 aliphatic carbocycles. The van der Waals surface area contributed by atoms with Gasteiger partial charge in [-0.3, -0.25) is 0 Å². The van der Waals surface area contributed by atoms with Gasteiger partial charge >= 0.3 is 0 Å². The molecule has 336 valence electrons. The largest absolute Gasteiger partial charge is 0.309 e. The van der Waals surface area contributed by atoms with E-state index in [2.05, 4.69) is 238 Å². The smallest absolute Gasteiger partial charge is 0.160 e. The quantitative estimate of drug-likeness (QED) is 0.160. The van der Waals surface area contributed by atoms with Crippen LogP contribution in [0.5, 0.6) is 0 Å². The lowest BCUT2D eigenvalue weighted by Gasteiger charge is -2.12. The van der Waals surface area contributed by atoms with Gasteiger partial charge in [-0.2, -0.15) is 0 Å². The molecule has 0 unspecified atom stereocenters. The Hall–Kier alpha value is -9.32. The lowest BCUT2D eigenvalue weighted by Crippen LogP contribution is -1.97. The fourth-order valence-corrected chi connectivity index (χ4v) is 10.7. The predicted molar refractivity (Wildman–Crippen MR) is 298 cm³/mol. The molecule has 4 aromatic heterocycles. The van der Waals surface area contributed by atoms with Gasteiger partial charge in [-0.15, -0.1) is 0 Å². The first-order chi connectivity index (χ1) is 35.2. The molecule has 4 heterocycles.